The Morgan fingerprint density at radius 2 is 2.06 bits per heavy atom. The first kappa shape index (κ1) is 12.7. The fourth-order valence-corrected chi connectivity index (χ4v) is 2.08. The van der Waals surface area contributed by atoms with E-state index in [9.17, 15) is 22.8 Å². The number of halogens is 3. The molecular formula is C10H6F3NO3S. The summed E-state index contributed by atoms with van der Waals surface area (Å²) in [5, 5.41) is 1.35. The van der Waals surface area contributed by atoms with Gasteiger partial charge in [0.05, 0.1) is 4.91 Å². The van der Waals surface area contributed by atoms with Crippen LogP contribution in [0.2, 0.25) is 0 Å². The first-order valence-corrected chi connectivity index (χ1v) is 5.51. The normalized spacial score (nSPS) is 18.6. The number of rotatable bonds is 1. The lowest BCUT2D eigenvalue weighted by atomic mass is 10.1. The van der Waals surface area contributed by atoms with Gasteiger partial charge in [0.25, 0.3) is 11.1 Å². The van der Waals surface area contributed by atoms with E-state index in [4.69, 9.17) is 4.42 Å². The monoisotopic (exact) mass is 277 g/mol. The lowest BCUT2D eigenvalue weighted by Crippen LogP contribution is -2.17. The van der Waals surface area contributed by atoms with Gasteiger partial charge < -0.3 is 4.42 Å². The van der Waals surface area contributed by atoms with Gasteiger partial charge in [-0.15, -0.1) is 0 Å². The molecule has 0 radical (unpaired) electrons. The Balaban J connectivity index is 2.47. The number of carbonyl (C=O) groups is 2. The third kappa shape index (κ3) is 2.28. The third-order valence-electron chi connectivity index (χ3n) is 2.25. The molecule has 2 heterocycles. The Hall–Kier alpha value is -1.70. The van der Waals surface area contributed by atoms with Gasteiger partial charge in [-0.05, 0) is 24.8 Å². The third-order valence-corrected chi connectivity index (χ3v) is 3.06. The molecule has 0 atom stereocenters. The molecule has 1 saturated heterocycles. The van der Waals surface area contributed by atoms with E-state index < -0.39 is 22.9 Å². The number of aryl methyl sites for hydroxylation is 1. The summed E-state index contributed by atoms with van der Waals surface area (Å²) in [6.07, 6.45) is -2.98. The highest BCUT2D eigenvalue weighted by molar-refractivity contribution is 8.18. The molecule has 0 spiro atoms. The van der Waals surface area contributed by atoms with Crippen LogP contribution in [0.1, 0.15) is 16.9 Å². The SMILES string of the molecule is Cc1occ(C(F)(F)F)c1/C=C1\SC(=O)NC1=O. The zero-order valence-corrected chi connectivity index (χ0v) is 9.74. The van der Waals surface area contributed by atoms with Crippen molar-refractivity contribution in [1.29, 1.82) is 0 Å². The fraction of sp³-hybridized carbons (Fsp3) is 0.200. The number of furan rings is 1. The quantitative estimate of drug-likeness (QED) is 0.802. The Bertz CT molecular complexity index is 559. The van der Waals surface area contributed by atoms with E-state index in [0.29, 0.717) is 18.0 Å². The molecule has 1 aliphatic heterocycles. The lowest BCUT2D eigenvalue weighted by molar-refractivity contribution is -0.138. The van der Waals surface area contributed by atoms with Crippen molar-refractivity contribution in [1.82, 2.24) is 5.32 Å². The smallest absolute Gasteiger partial charge is 0.420 e. The first-order valence-electron chi connectivity index (χ1n) is 4.69. The maximum atomic E-state index is 12.6. The lowest BCUT2D eigenvalue weighted by Gasteiger charge is -2.04. The van der Waals surface area contributed by atoms with Crippen LogP contribution < -0.4 is 5.32 Å². The van der Waals surface area contributed by atoms with Crippen LogP contribution in [0.25, 0.3) is 6.08 Å². The van der Waals surface area contributed by atoms with Gasteiger partial charge in [-0.1, -0.05) is 0 Å². The van der Waals surface area contributed by atoms with Gasteiger partial charge >= 0.3 is 6.18 Å². The summed E-state index contributed by atoms with van der Waals surface area (Å²) in [6.45, 7) is 1.35. The van der Waals surface area contributed by atoms with Crippen molar-refractivity contribution >= 4 is 29.0 Å². The summed E-state index contributed by atoms with van der Waals surface area (Å²) in [5.74, 6) is -0.679. The van der Waals surface area contributed by atoms with Gasteiger partial charge in [0, 0.05) is 5.56 Å². The average molecular weight is 277 g/mol. The van der Waals surface area contributed by atoms with Crippen molar-refractivity contribution in [3.05, 3.63) is 28.1 Å². The Morgan fingerprint density at radius 3 is 2.56 bits per heavy atom. The molecule has 1 aromatic rings. The number of amides is 2. The molecule has 0 bridgehead atoms. The number of alkyl halides is 3. The molecule has 0 aliphatic carbocycles. The minimum atomic E-state index is -4.58. The predicted octanol–water partition coefficient (Wildman–Crippen LogP) is 2.93. The summed E-state index contributed by atoms with van der Waals surface area (Å²) >= 11 is 0.552. The van der Waals surface area contributed by atoms with Gasteiger partial charge in [-0.2, -0.15) is 13.2 Å². The Labute approximate surface area is 103 Å². The number of hydrogen-bond donors (Lipinski definition) is 1. The second-order valence-corrected chi connectivity index (χ2v) is 4.48. The highest BCUT2D eigenvalue weighted by Crippen LogP contribution is 2.37. The second kappa shape index (κ2) is 4.20. The topological polar surface area (TPSA) is 59.3 Å². The van der Waals surface area contributed by atoms with E-state index in [1.807, 2.05) is 5.32 Å². The molecule has 18 heavy (non-hydrogen) atoms. The molecule has 0 unspecified atom stereocenters. The summed E-state index contributed by atoms with van der Waals surface area (Å²) in [4.78, 5) is 22.1. The van der Waals surface area contributed by atoms with Crippen molar-refractivity contribution < 1.29 is 27.2 Å². The molecular weight excluding hydrogens is 271 g/mol. The molecule has 2 amide bonds. The molecule has 1 aromatic heterocycles. The molecule has 8 heteroatoms. The van der Waals surface area contributed by atoms with Crippen molar-refractivity contribution in [3.63, 3.8) is 0 Å². The minimum absolute atomic E-state index is 0.0302. The van der Waals surface area contributed by atoms with Crippen LogP contribution in [0, 0.1) is 6.92 Å². The van der Waals surface area contributed by atoms with Crippen molar-refractivity contribution in [2.24, 2.45) is 0 Å². The Kier molecular flexibility index (Phi) is 2.97. The van der Waals surface area contributed by atoms with E-state index in [0.717, 1.165) is 6.08 Å². The zero-order valence-electron chi connectivity index (χ0n) is 8.92. The highest BCUT2D eigenvalue weighted by Gasteiger charge is 2.36. The molecule has 0 saturated carbocycles. The van der Waals surface area contributed by atoms with E-state index in [1.165, 1.54) is 6.92 Å². The summed E-state index contributed by atoms with van der Waals surface area (Å²) < 4.78 is 42.6. The van der Waals surface area contributed by atoms with Gasteiger partial charge in [0.15, 0.2) is 0 Å². The maximum Gasteiger partial charge on any atom is 0.420 e. The highest BCUT2D eigenvalue weighted by atomic mass is 32.2. The van der Waals surface area contributed by atoms with Gasteiger partial charge in [0.1, 0.15) is 17.6 Å². The van der Waals surface area contributed by atoms with Gasteiger partial charge in [-0.3, -0.25) is 14.9 Å². The van der Waals surface area contributed by atoms with Crippen LogP contribution in [-0.4, -0.2) is 11.1 Å². The molecule has 4 nitrogen and oxygen atoms in total. The number of hydrogen-bond acceptors (Lipinski definition) is 4. The van der Waals surface area contributed by atoms with E-state index >= 15 is 0 Å². The maximum absolute atomic E-state index is 12.6. The van der Waals surface area contributed by atoms with Crippen LogP contribution in [0.15, 0.2) is 15.6 Å². The fourth-order valence-electron chi connectivity index (χ4n) is 1.41. The first-order chi connectivity index (χ1) is 8.29. The van der Waals surface area contributed by atoms with Crippen molar-refractivity contribution in [2.75, 3.05) is 0 Å². The number of carbonyl (C=O) groups excluding carboxylic acids is 2. The standard InChI is InChI=1S/C10H6F3NO3S/c1-4-5(6(3-17-4)10(11,12)13)2-7-8(15)14-9(16)18-7/h2-3H,1H3,(H,14,15,16)/b7-2-. The van der Waals surface area contributed by atoms with E-state index in [1.54, 1.807) is 0 Å². The number of imide groups is 1. The average Bonchev–Trinajstić information content (AvgIpc) is 2.72. The second-order valence-electron chi connectivity index (χ2n) is 3.47. The molecule has 1 N–H and O–H groups in total. The molecule has 96 valence electrons. The number of thioether (sulfide) groups is 1. The van der Waals surface area contributed by atoms with Crippen LogP contribution in [0.3, 0.4) is 0 Å². The molecule has 0 aromatic carbocycles. The Morgan fingerprint density at radius 1 is 1.39 bits per heavy atom. The van der Waals surface area contributed by atoms with E-state index in [-0.39, 0.29) is 16.2 Å². The van der Waals surface area contributed by atoms with Crippen LogP contribution in [0.4, 0.5) is 18.0 Å². The van der Waals surface area contributed by atoms with Crippen molar-refractivity contribution in [3.8, 4) is 0 Å². The van der Waals surface area contributed by atoms with Crippen molar-refractivity contribution in [2.45, 2.75) is 13.1 Å². The van der Waals surface area contributed by atoms with Crippen LogP contribution in [0.5, 0.6) is 0 Å². The van der Waals surface area contributed by atoms with Crippen LogP contribution >= 0.6 is 11.8 Å². The molecule has 1 fully saturated rings. The summed E-state index contributed by atoms with van der Waals surface area (Å²) in [5.41, 5.74) is -1.21. The van der Waals surface area contributed by atoms with E-state index in [2.05, 4.69) is 0 Å². The molecule has 2 rings (SSSR count). The van der Waals surface area contributed by atoms with Crippen LogP contribution in [-0.2, 0) is 11.0 Å². The predicted molar refractivity (Wildman–Crippen MR) is 57.6 cm³/mol. The van der Waals surface area contributed by atoms with Gasteiger partial charge in [0.2, 0.25) is 0 Å². The minimum Gasteiger partial charge on any atom is -0.468 e. The summed E-state index contributed by atoms with van der Waals surface area (Å²) in [7, 11) is 0. The molecule has 1 aliphatic rings. The summed E-state index contributed by atoms with van der Waals surface area (Å²) in [6, 6.07) is 0. The number of nitrogens with one attached hydrogen (secondary N) is 1. The zero-order chi connectivity index (χ0) is 13.5. The van der Waals surface area contributed by atoms with Gasteiger partial charge in [-0.25, -0.2) is 0 Å². The largest absolute Gasteiger partial charge is 0.468 e.